The van der Waals surface area contributed by atoms with Gasteiger partial charge in [0.05, 0.1) is 12.1 Å². The lowest BCUT2D eigenvalue weighted by atomic mass is 10.1. The lowest BCUT2D eigenvalue weighted by Crippen LogP contribution is -2.11. The number of nitrogens with zero attached hydrogens (tertiary/aromatic N) is 2. The summed E-state index contributed by atoms with van der Waals surface area (Å²) in [6, 6.07) is 11.2. The number of aromatic amines is 1. The van der Waals surface area contributed by atoms with Crippen LogP contribution >= 0.6 is 11.3 Å². The first-order valence-corrected chi connectivity index (χ1v) is 7.15. The maximum absolute atomic E-state index is 11.8. The zero-order chi connectivity index (χ0) is 13.9. The average molecular weight is 283 g/mol. The molecule has 0 aliphatic rings. The van der Waals surface area contributed by atoms with Gasteiger partial charge in [-0.3, -0.25) is 4.79 Å². The zero-order valence-electron chi connectivity index (χ0n) is 11.0. The summed E-state index contributed by atoms with van der Waals surface area (Å²) < 4.78 is 0. The van der Waals surface area contributed by atoms with E-state index in [1.807, 2.05) is 42.6 Å². The summed E-state index contributed by atoms with van der Waals surface area (Å²) in [7, 11) is 0. The summed E-state index contributed by atoms with van der Waals surface area (Å²) >= 11 is 1.58. The first-order valence-electron chi connectivity index (χ1n) is 6.27. The van der Waals surface area contributed by atoms with Crippen LogP contribution in [0.5, 0.6) is 0 Å². The molecule has 2 heterocycles. The molecule has 0 bridgehead atoms. The van der Waals surface area contributed by atoms with Gasteiger partial charge in [0.1, 0.15) is 10.8 Å². The number of aromatic nitrogens is 3. The Morgan fingerprint density at radius 3 is 2.70 bits per heavy atom. The topological polar surface area (TPSA) is 58.6 Å². The molecule has 1 aromatic carbocycles. The normalized spacial score (nSPS) is 10.7. The number of thiazole rings is 1. The third kappa shape index (κ3) is 2.83. The van der Waals surface area contributed by atoms with Gasteiger partial charge in [0.15, 0.2) is 0 Å². The first kappa shape index (κ1) is 12.7. The van der Waals surface area contributed by atoms with Crippen molar-refractivity contribution in [3.63, 3.8) is 0 Å². The van der Waals surface area contributed by atoms with E-state index in [0.29, 0.717) is 17.9 Å². The fourth-order valence-corrected chi connectivity index (χ4v) is 2.75. The van der Waals surface area contributed by atoms with E-state index in [1.54, 1.807) is 11.3 Å². The molecule has 3 aromatic rings. The van der Waals surface area contributed by atoms with Gasteiger partial charge in [0, 0.05) is 22.7 Å². The number of benzene rings is 1. The second-order valence-corrected chi connectivity index (χ2v) is 5.45. The second-order valence-electron chi connectivity index (χ2n) is 4.50. The molecule has 0 unspecified atom stereocenters. The third-order valence-corrected chi connectivity index (χ3v) is 3.81. The first-order chi connectivity index (χ1) is 9.70. The minimum absolute atomic E-state index is 0.137. The summed E-state index contributed by atoms with van der Waals surface area (Å²) in [5, 5.41) is 2.95. The fourth-order valence-electron chi connectivity index (χ4n) is 1.98. The molecule has 4 nitrogen and oxygen atoms in total. The van der Waals surface area contributed by atoms with Crippen LogP contribution in [0.25, 0.3) is 11.3 Å². The second kappa shape index (κ2) is 5.38. The quantitative estimate of drug-likeness (QED) is 0.804. The molecule has 0 radical (unpaired) electrons. The Morgan fingerprint density at radius 2 is 2.00 bits per heavy atom. The molecule has 0 amide bonds. The Morgan fingerprint density at radius 1 is 1.20 bits per heavy atom. The highest BCUT2D eigenvalue weighted by molar-refractivity contribution is 7.09. The lowest BCUT2D eigenvalue weighted by Gasteiger charge is -2.03. The van der Waals surface area contributed by atoms with Crippen LogP contribution in [0.2, 0.25) is 0 Å². The van der Waals surface area contributed by atoms with Crippen molar-refractivity contribution in [1.82, 2.24) is 15.0 Å². The monoisotopic (exact) mass is 283 g/mol. The van der Waals surface area contributed by atoms with Crippen LogP contribution in [0.4, 0.5) is 0 Å². The molecule has 0 saturated carbocycles. The van der Waals surface area contributed by atoms with Crippen molar-refractivity contribution >= 4 is 11.3 Å². The molecular formula is C15H13N3OS. The van der Waals surface area contributed by atoms with E-state index in [0.717, 1.165) is 16.3 Å². The summed E-state index contributed by atoms with van der Waals surface area (Å²) in [5.74, 6) is 0.644. The molecule has 3 rings (SSSR count). The van der Waals surface area contributed by atoms with E-state index < -0.39 is 0 Å². The molecule has 2 aromatic heterocycles. The van der Waals surface area contributed by atoms with Gasteiger partial charge < -0.3 is 4.98 Å². The molecule has 20 heavy (non-hydrogen) atoms. The molecule has 0 fully saturated rings. The maximum atomic E-state index is 11.8. The highest BCUT2D eigenvalue weighted by Gasteiger charge is 2.06. The van der Waals surface area contributed by atoms with Crippen molar-refractivity contribution in [1.29, 1.82) is 0 Å². The highest BCUT2D eigenvalue weighted by Crippen LogP contribution is 2.16. The number of rotatable bonds is 3. The summed E-state index contributed by atoms with van der Waals surface area (Å²) in [6.45, 7) is 1.95. The maximum Gasteiger partial charge on any atom is 0.251 e. The van der Waals surface area contributed by atoms with E-state index >= 15 is 0 Å². The van der Waals surface area contributed by atoms with Crippen LogP contribution in [-0.2, 0) is 6.42 Å². The Labute approximate surface area is 120 Å². The van der Waals surface area contributed by atoms with Crippen LogP contribution in [0, 0.1) is 6.92 Å². The number of nitrogens with one attached hydrogen (secondary N) is 1. The molecule has 5 heteroatoms. The van der Waals surface area contributed by atoms with Crippen molar-refractivity contribution in [3.05, 3.63) is 68.7 Å². The standard InChI is InChI=1S/C15H13N3OS/c1-10-9-20-15(16-10)8-13-17-12(7-14(19)18-13)11-5-3-2-4-6-11/h2-7,9H,8H2,1H3,(H,17,18,19). The Kier molecular flexibility index (Phi) is 3.43. The number of hydrogen-bond acceptors (Lipinski definition) is 4. The number of hydrogen-bond donors (Lipinski definition) is 1. The van der Waals surface area contributed by atoms with E-state index in [-0.39, 0.29) is 5.56 Å². The predicted molar refractivity (Wildman–Crippen MR) is 80.0 cm³/mol. The minimum atomic E-state index is -0.137. The van der Waals surface area contributed by atoms with Gasteiger partial charge in [-0.2, -0.15) is 0 Å². The van der Waals surface area contributed by atoms with Gasteiger partial charge in [0.2, 0.25) is 0 Å². The van der Waals surface area contributed by atoms with Crippen molar-refractivity contribution in [2.24, 2.45) is 0 Å². The van der Waals surface area contributed by atoms with Crippen molar-refractivity contribution in [2.45, 2.75) is 13.3 Å². The highest BCUT2D eigenvalue weighted by atomic mass is 32.1. The van der Waals surface area contributed by atoms with Gasteiger partial charge in [-0.05, 0) is 6.92 Å². The van der Waals surface area contributed by atoms with Gasteiger partial charge >= 0.3 is 0 Å². The van der Waals surface area contributed by atoms with Crippen LogP contribution in [0.15, 0.2) is 46.6 Å². The Balaban J connectivity index is 1.97. The van der Waals surface area contributed by atoms with Gasteiger partial charge in [-0.25, -0.2) is 9.97 Å². The van der Waals surface area contributed by atoms with E-state index in [4.69, 9.17) is 0 Å². The van der Waals surface area contributed by atoms with Crippen LogP contribution in [-0.4, -0.2) is 15.0 Å². The SMILES string of the molecule is Cc1csc(Cc2nc(-c3ccccc3)cc(=O)[nH]2)n1. The number of H-pyrrole nitrogens is 1. The Bertz CT molecular complexity index is 777. The molecule has 0 atom stereocenters. The average Bonchev–Trinajstić information content (AvgIpc) is 2.84. The molecule has 1 N–H and O–H groups in total. The fraction of sp³-hybridized carbons (Fsp3) is 0.133. The van der Waals surface area contributed by atoms with E-state index in [2.05, 4.69) is 15.0 Å². The molecule has 100 valence electrons. The van der Waals surface area contributed by atoms with Gasteiger partial charge in [-0.1, -0.05) is 30.3 Å². The number of aryl methyl sites for hydroxylation is 1. The zero-order valence-corrected chi connectivity index (χ0v) is 11.8. The summed E-state index contributed by atoms with van der Waals surface area (Å²) in [5.41, 5.74) is 2.49. The molecule has 0 aliphatic heterocycles. The van der Waals surface area contributed by atoms with Crippen LogP contribution < -0.4 is 5.56 Å². The van der Waals surface area contributed by atoms with E-state index in [1.165, 1.54) is 6.07 Å². The molecule has 0 saturated heterocycles. The van der Waals surface area contributed by atoms with E-state index in [9.17, 15) is 4.79 Å². The summed E-state index contributed by atoms with van der Waals surface area (Å²) in [6.07, 6.45) is 0.550. The third-order valence-electron chi connectivity index (χ3n) is 2.85. The lowest BCUT2D eigenvalue weighted by molar-refractivity contribution is 0.937. The largest absolute Gasteiger partial charge is 0.310 e. The van der Waals surface area contributed by atoms with Crippen LogP contribution in [0.3, 0.4) is 0 Å². The smallest absolute Gasteiger partial charge is 0.251 e. The molecular weight excluding hydrogens is 270 g/mol. The van der Waals surface area contributed by atoms with Gasteiger partial charge in [-0.15, -0.1) is 11.3 Å². The molecule has 0 spiro atoms. The minimum Gasteiger partial charge on any atom is -0.310 e. The van der Waals surface area contributed by atoms with Crippen molar-refractivity contribution < 1.29 is 0 Å². The summed E-state index contributed by atoms with van der Waals surface area (Å²) in [4.78, 5) is 23.5. The van der Waals surface area contributed by atoms with Crippen LogP contribution in [0.1, 0.15) is 16.5 Å². The predicted octanol–water partition coefficient (Wildman–Crippen LogP) is 2.79. The van der Waals surface area contributed by atoms with Crippen molar-refractivity contribution in [3.8, 4) is 11.3 Å². The molecule has 0 aliphatic carbocycles. The Hall–Kier alpha value is -2.27. The van der Waals surface area contributed by atoms with Crippen molar-refractivity contribution in [2.75, 3.05) is 0 Å². The van der Waals surface area contributed by atoms with Gasteiger partial charge in [0.25, 0.3) is 5.56 Å².